The molecular formula is C35H56O13. The average molecular weight is 685 g/mol. The number of ether oxygens (including phenoxy) is 9. The van der Waals surface area contributed by atoms with Crippen molar-refractivity contribution in [3.8, 4) is 0 Å². The third-order valence-electron chi connectivity index (χ3n) is 10.1. The average Bonchev–Trinajstić information content (AvgIpc) is 3.82. The number of rotatable bonds is 8. The zero-order valence-corrected chi connectivity index (χ0v) is 29.6. The summed E-state index contributed by atoms with van der Waals surface area (Å²) >= 11 is 0. The van der Waals surface area contributed by atoms with Gasteiger partial charge in [0.05, 0.1) is 37.1 Å². The summed E-state index contributed by atoms with van der Waals surface area (Å²) in [5.74, 6) is -1.78. The summed E-state index contributed by atoms with van der Waals surface area (Å²) in [6.07, 6.45) is -0.727. The third-order valence-corrected chi connectivity index (χ3v) is 10.1. The Labute approximate surface area is 284 Å². The van der Waals surface area contributed by atoms with Crippen molar-refractivity contribution in [1.82, 2.24) is 0 Å². The van der Waals surface area contributed by atoms with Gasteiger partial charge in [-0.25, -0.2) is 4.79 Å². The number of hydrogen-bond acceptors (Lipinski definition) is 13. The Balaban J connectivity index is 1.52. The normalized spacial score (nSPS) is 46.2. The fourth-order valence-electron chi connectivity index (χ4n) is 7.08. The molecule has 3 saturated heterocycles. The molecule has 0 spiro atoms. The van der Waals surface area contributed by atoms with Gasteiger partial charge in [-0.2, -0.15) is 0 Å². The minimum atomic E-state index is -1.000. The highest BCUT2D eigenvalue weighted by Gasteiger charge is 2.49. The molecule has 17 unspecified atom stereocenters. The third kappa shape index (κ3) is 9.51. The monoisotopic (exact) mass is 684 g/mol. The van der Waals surface area contributed by atoms with E-state index in [9.17, 15) is 19.8 Å². The molecule has 0 aromatic rings. The van der Waals surface area contributed by atoms with Crippen molar-refractivity contribution < 1.29 is 62.4 Å². The topological polar surface area (TPSA) is 161 Å². The van der Waals surface area contributed by atoms with Gasteiger partial charge in [0, 0.05) is 51.6 Å². The first-order chi connectivity index (χ1) is 22.8. The lowest BCUT2D eigenvalue weighted by Gasteiger charge is -2.42. The first-order valence-electron chi connectivity index (χ1n) is 17.1. The van der Waals surface area contributed by atoms with Crippen LogP contribution in [0.25, 0.3) is 0 Å². The van der Waals surface area contributed by atoms with E-state index in [1.807, 2.05) is 27.7 Å². The number of cyclic esters (lactones) is 1. The fraction of sp³-hybridized carbons (Fsp3) is 0.829. The van der Waals surface area contributed by atoms with E-state index in [0.717, 1.165) is 0 Å². The maximum absolute atomic E-state index is 13.2. The van der Waals surface area contributed by atoms with Crippen molar-refractivity contribution in [3.63, 3.8) is 0 Å². The molecule has 13 nitrogen and oxygen atoms in total. The van der Waals surface area contributed by atoms with E-state index in [1.54, 1.807) is 39.2 Å². The summed E-state index contributed by atoms with van der Waals surface area (Å²) in [4.78, 5) is 26.4. The van der Waals surface area contributed by atoms with Crippen LogP contribution in [0.1, 0.15) is 54.4 Å². The molecule has 0 saturated carbocycles. The van der Waals surface area contributed by atoms with E-state index in [1.165, 1.54) is 20.3 Å². The molecule has 2 N–H and O–H groups in total. The minimum absolute atomic E-state index is 0.0452. The van der Waals surface area contributed by atoms with E-state index in [2.05, 4.69) is 0 Å². The van der Waals surface area contributed by atoms with Crippen LogP contribution in [-0.4, -0.2) is 130 Å². The maximum Gasteiger partial charge on any atom is 0.330 e. The van der Waals surface area contributed by atoms with E-state index in [0.29, 0.717) is 12.8 Å². The van der Waals surface area contributed by atoms with Gasteiger partial charge < -0.3 is 52.8 Å². The molecule has 274 valence electrons. The second-order valence-electron chi connectivity index (χ2n) is 13.8. The number of fused-ring (bicyclic) bond motifs is 1. The highest BCUT2D eigenvalue weighted by atomic mass is 16.7. The largest absolute Gasteiger partial charge is 0.459 e. The van der Waals surface area contributed by atoms with Crippen LogP contribution in [0.5, 0.6) is 0 Å². The van der Waals surface area contributed by atoms with Gasteiger partial charge in [0.2, 0.25) is 0 Å². The number of carbonyl (C=O) groups is 2. The zero-order chi connectivity index (χ0) is 35.3. The van der Waals surface area contributed by atoms with Gasteiger partial charge in [0.15, 0.2) is 18.4 Å². The number of aliphatic hydroxyl groups is 2. The lowest BCUT2D eigenvalue weighted by molar-refractivity contribution is -0.305. The summed E-state index contributed by atoms with van der Waals surface area (Å²) in [5.41, 5.74) is 0. The number of carbonyl (C=O) groups excluding carboxylic acids is 2. The Bertz CT molecular complexity index is 1110. The highest BCUT2D eigenvalue weighted by molar-refractivity contribution is 5.91. The molecule has 0 bridgehead atoms. The standard InChI is InChI=1S/C35H56O13/c1-17-10-13-27(37)45-21(5)23(16-43-35-33(42-9)32(41-8)28(38)22(6)46-35)31-25(47-31)12-11-24(36)18(2)14-19(3)30(17)48-34-29(39)26(40-7)15-20(4)44-34/h10-13,17-23,25-26,28-35,38-39H,14-16H2,1-9H3. The van der Waals surface area contributed by atoms with Gasteiger partial charge in [-0.05, 0) is 45.3 Å². The number of hydrogen-bond donors (Lipinski definition) is 2. The van der Waals surface area contributed by atoms with Gasteiger partial charge in [0.25, 0.3) is 0 Å². The first-order valence-corrected chi connectivity index (χ1v) is 17.1. The van der Waals surface area contributed by atoms with E-state index >= 15 is 0 Å². The van der Waals surface area contributed by atoms with Crippen LogP contribution in [-0.2, 0) is 52.2 Å². The van der Waals surface area contributed by atoms with E-state index in [4.69, 9.17) is 42.6 Å². The molecule has 0 radical (unpaired) electrons. The van der Waals surface area contributed by atoms with Crippen molar-refractivity contribution >= 4 is 11.8 Å². The van der Waals surface area contributed by atoms with Gasteiger partial charge in [-0.1, -0.05) is 26.8 Å². The Morgan fingerprint density at radius 2 is 1.48 bits per heavy atom. The molecule has 48 heavy (non-hydrogen) atoms. The van der Waals surface area contributed by atoms with Crippen LogP contribution in [0.15, 0.2) is 24.3 Å². The summed E-state index contributed by atoms with van der Waals surface area (Å²) in [6, 6.07) is 0. The number of ketones is 1. The molecule has 4 rings (SSSR count). The van der Waals surface area contributed by atoms with Crippen molar-refractivity contribution in [1.29, 1.82) is 0 Å². The summed E-state index contributed by atoms with van der Waals surface area (Å²) in [5, 5.41) is 21.5. The SMILES string of the molecule is COC1CC(C)OC(OC2C(C)C=CC(=O)OC(C)C(COC3OC(C)C(O)C(OC)C3OC)C3OC3C=CC(=O)C(C)CC2C)C1O. The fourth-order valence-corrected chi connectivity index (χ4v) is 7.08. The van der Waals surface area contributed by atoms with Crippen LogP contribution in [0.4, 0.5) is 0 Å². The Kier molecular flexibility index (Phi) is 14.2. The Morgan fingerprint density at radius 3 is 2.15 bits per heavy atom. The van der Waals surface area contributed by atoms with Crippen LogP contribution < -0.4 is 0 Å². The van der Waals surface area contributed by atoms with Crippen LogP contribution >= 0.6 is 0 Å². The first kappa shape index (κ1) is 39.0. The molecule has 13 heteroatoms. The van der Waals surface area contributed by atoms with Gasteiger partial charge in [-0.3, -0.25) is 4.79 Å². The Morgan fingerprint density at radius 1 is 0.771 bits per heavy atom. The predicted molar refractivity (Wildman–Crippen MR) is 172 cm³/mol. The predicted octanol–water partition coefficient (Wildman–Crippen LogP) is 2.34. The molecule has 4 heterocycles. The van der Waals surface area contributed by atoms with E-state index in [-0.39, 0.29) is 48.5 Å². The molecule has 0 aromatic heterocycles. The molecule has 3 fully saturated rings. The van der Waals surface area contributed by atoms with Crippen molar-refractivity contribution in [2.24, 2.45) is 23.7 Å². The second kappa shape index (κ2) is 17.4. The minimum Gasteiger partial charge on any atom is -0.459 e. The van der Waals surface area contributed by atoms with Gasteiger partial charge >= 0.3 is 5.97 Å². The lowest BCUT2D eigenvalue weighted by atomic mass is 9.84. The Hall–Kier alpha value is -1.78. The highest BCUT2D eigenvalue weighted by Crippen LogP contribution is 2.36. The summed E-state index contributed by atoms with van der Waals surface area (Å²) < 4.78 is 52.9. The lowest BCUT2D eigenvalue weighted by Crippen LogP contribution is -2.59. The molecule has 17 atom stereocenters. The van der Waals surface area contributed by atoms with Crippen LogP contribution in [0.2, 0.25) is 0 Å². The van der Waals surface area contributed by atoms with Crippen molar-refractivity contribution in [2.75, 3.05) is 27.9 Å². The maximum atomic E-state index is 13.2. The van der Waals surface area contributed by atoms with Gasteiger partial charge in [-0.15, -0.1) is 0 Å². The molecule has 0 aromatic carbocycles. The van der Waals surface area contributed by atoms with Crippen LogP contribution in [0, 0.1) is 23.7 Å². The quantitative estimate of drug-likeness (QED) is 0.284. The summed E-state index contributed by atoms with van der Waals surface area (Å²) in [6.45, 7) is 11.3. The van der Waals surface area contributed by atoms with E-state index < -0.39 is 73.3 Å². The molecular weight excluding hydrogens is 628 g/mol. The number of aliphatic hydroxyl groups excluding tert-OH is 2. The molecule has 4 aliphatic rings. The molecule has 0 amide bonds. The smallest absolute Gasteiger partial charge is 0.330 e. The number of methoxy groups -OCH3 is 3. The number of allylic oxidation sites excluding steroid dienone is 1. The molecule has 4 aliphatic heterocycles. The van der Waals surface area contributed by atoms with Crippen LogP contribution in [0.3, 0.4) is 0 Å². The second-order valence-corrected chi connectivity index (χ2v) is 13.8. The summed E-state index contributed by atoms with van der Waals surface area (Å²) in [7, 11) is 4.53. The number of epoxide rings is 1. The number of esters is 1. The van der Waals surface area contributed by atoms with Crippen molar-refractivity contribution in [2.45, 2.75) is 134 Å². The zero-order valence-electron chi connectivity index (χ0n) is 29.6. The van der Waals surface area contributed by atoms with Gasteiger partial charge in [0.1, 0.15) is 36.6 Å². The molecule has 0 aliphatic carbocycles. The van der Waals surface area contributed by atoms with Crippen molar-refractivity contribution in [3.05, 3.63) is 24.3 Å².